The summed E-state index contributed by atoms with van der Waals surface area (Å²) in [6, 6.07) is 6.04. The van der Waals surface area contributed by atoms with Crippen LogP contribution in [-0.4, -0.2) is 22.9 Å². The Bertz CT molecular complexity index is 576. The molecule has 0 aromatic heterocycles. The highest BCUT2D eigenvalue weighted by molar-refractivity contribution is 5.84. The summed E-state index contributed by atoms with van der Waals surface area (Å²) >= 11 is 0. The van der Waals surface area contributed by atoms with Crippen LogP contribution in [0.4, 0.5) is 13.2 Å². The Balaban J connectivity index is 1.79. The third-order valence-electron chi connectivity index (χ3n) is 4.52. The molecule has 0 spiro atoms. The van der Waals surface area contributed by atoms with Crippen molar-refractivity contribution < 1.29 is 18.0 Å². The maximum absolute atomic E-state index is 13.1. The van der Waals surface area contributed by atoms with Gasteiger partial charge in [0.1, 0.15) is 0 Å². The number of hydrogen-bond donors (Lipinski definition) is 0. The van der Waals surface area contributed by atoms with Gasteiger partial charge in [-0.2, -0.15) is 13.2 Å². The van der Waals surface area contributed by atoms with Gasteiger partial charge in [-0.1, -0.05) is 18.2 Å². The lowest BCUT2D eigenvalue weighted by atomic mass is 10.0. The van der Waals surface area contributed by atoms with Crippen LogP contribution in [0.1, 0.15) is 50.2 Å². The Morgan fingerprint density at radius 3 is 2.41 bits per heavy atom. The molecule has 3 rings (SSSR count). The second-order valence-corrected chi connectivity index (χ2v) is 6.60. The summed E-state index contributed by atoms with van der Waals surface area (Å²) < 4.78 is 39.3. The standard InChI is InChI=1S/C17H20F3NO/c1-10(2)21(11-7-8-11)16(22)14-9-13(14)12-5-3-4-6-15(12)17(18,19)20/h3-6,10-11,13-14H,7-9H2,1-2H3/t13-,14-/m0/s1. The minimum Gasteiger partial charge on any atom is -0.337 e. The Kier molecular flexibility index (Phi) is 3.69. The molecule has 0 heterocycles. The van der Waals surface area contributed by atoms with Crippen molar-refractivity contribution in [1.29, 1.82) is 0 Å². The van der Waals surface area contributed by atoms with Crippen LogP contribution in [-0.2, 0) is 11.0 Å². The number of amides is 1. The zero-order chi connectivity index (χ0) is 16.1. The van der Waals surface area contributed by atoms with Gasteiger partial charge in [0.25, 0.3) is 0 Å². The highest BCUT2D eigenvalue weighted by Crippen LogP contribution is 2.52. The van der Waals surface area contributed by atoms with E-state index >= 15 is 0 Å². The first-order valence-electron chi connectivity index (χ1n) is 7.79. The van der Waals surface area contributed by atoms with Crippen molar-refractivity contribution in [2.45, 2.75) is 57.3 Å². The second-order valence-electron chi connectivity index (χ2n) is 6.60. The zero-order valence-electron chi connectivity index (χ0n) is 12.7. The van der Waals surface area contributed by atoms with E-state index < -0.39 is 11.7 Å². The van der Waals surface area contributed by atoms with Crippen molar-refractivity contribution in [3.05, 3.63) is 35.4 Å². The predicted molar refractivity (Wildman–Crippen MR) is 77.3 cm³/mol. The number of carbonyl (C=O) groups is 1. The topological polar surface area (TPSA) is 20.3 Å². The van der Waals surface area contributed by atoms with Gasteiger partial charge in [-0.15, -0.1) is 0 Å². The van der Waals surface area contributed by atoms with E-state index in [0.29, 0.717) is 12.5 Å². The second kappa shape index (κ2) is 5.28. The third kappa shape index (κ3) is 2.85. The molecule has 0 aliphatic heterocycles. The summed E-state index contributed by atoms with van der Waals surface area (Å²) in [5.74, 6) is -0.545. The number of rotatable bonds is 4. The molecule has 22 heavy (non-hydrogen) atoms. The van der Waals surface area contributed by atoms with Crippen molar-refractivity contribution in [2.24, 2.45) is 5.92 Å². The van der Waals surface area contributed by atoms with Gasteiger partial charge in [0, 0.05) is 18.0 Å². The molecule has 1 aromatic rings. The molecule has 0 saturated heterocycles. The SMILES string of the molecule is CC(C)N(C(=O)[C@H]1C[C@H]1c1ccccc1C(F)(F)F)C1CC1. The van der Waals surface area contributed by atoms with Crippen LogP contribution < -0.4 is 0 Å². The first-order valence-corrected chi connectivity index (χ1v) is 7.79. The molecule has 2 fully saturated rings. The normalized spacial score (nSPS) is 24.5. The minimum atomic E-state index is -4.36. The molecule has 2 saturated carbocycles. The molecule has 2 aliphatic rings. The summed E-state index contributed by atoms with van der Waals surface area (Å²) in [5.41, 5.74) is -0.328. The Morgan fingerprint density at radius 1 is 1.23 bits per heavy atom. The van der Waals surface area contributed by atoms with Crippen molar-refractivity contribution >= 4 is 5.91 Å². The van der Waals surface area contributed by atoms with Gasteiger partial charge in [-0.3, -0.25) is 4.79 Å². The largest absolute Gasteiger partial charge is 0.416 e. The fourth-order valence-corrected chi connectivity index (χ4v) is 3.29. The number of halogens is 3. The van der Waals surface area contributed by atoms with Crippen molar-refractivity contribution in [3.8, 4) is 0 Å². The van der Waals surface area contributed by atoms with Crippen LogP contribution in [0.3, 0.4) is 0 Å². The molecule has 1 amide bonds. The molecular formula is C17H20F3NO. The van der Waals surface area contributed by atoms with Gasteiger partial charge in [-0.25, -0.2) is 0 Å². The van der Waals surface area contributed by atoms with Crippen LogP contribution >= 0.6 is 0 Å². The molecule has 2 nitrogen and oxygen atoms in total. The molecule has 5 heteroatoms. The lowest BCUT2D eigenvalue weighted by Crippen LogP contribution is -2.40. The zero-order valence-corrected chi connectivity index (χ0v) is 12.7. The highest BCUT2D eigenvalue weighted by atomic mass is 19.4. The number of nitrogens with zero attached hydrogens (tertiary/aromatic N) is 1. The molecule has 2 aliphatic carbocycles. The smallest absolute Gasteiger partial charge is 0.337 e. The quantitative estimate of drug-likeness (QED) is 0.816. The van der Waals surface area contributed by atoms with Crippen LogP contribution in [0.2, 0.25) is 0 Å². The first kappa shape index (κ1) is 15.4. The number of carbonyl (C=O) groups excluding carboxylic acids is 1. The van der Waals surface area contributed by atoms with E-state index in [4.69, 9.17) is 0 Å². The molecule has 0 radical (unpaired) electrons. The first-order chi connectivity index (χ1) is 10.3. The van der Waals surface area contributed by atoms with Crippen molar-refractivity contribution in [2.75, 3.05) is 0 Å². The molecule has 0 bridgehead atoms. The van der Waals surface area contributed by atoms with Gasteiger partial charge in [0.05, 0.1) is 5.56 Å². The van der Waals surface area contributed by atoms with Gasteiger partial charge >= 0.3 is 6.18 Å². The van der Waals surface area contributed by atoms with Crippen LogP contribution in [0, 0.1) is 5.92 Å². The van der Waals surface area contributed by atoms with Gasteiger partial charge in [0.2, 0.25) is 5.91 Å². The lowest BCUT2D eigenvalue weighted by Gasteiger charge is -2.27. The van der Waals surface area contributed by atoms with E-state index in [1.807, 2.05) is 18.7 Å². The van der Waals surface area contributed by atoms with Gasteiger partial charge < -0.3 is 4.90 Å². The lowest BCUT2D eigenvalue weighted by molar-refractivity contribution is -0.139. The molecule has 120 valence electrons. The molecule has 0 N–H and O–H groups in total. The van der Waals surface area contributed by atoms with E-state index in [1.54, 1.807) is 6.07 Å². The van der Waals surface area contributed by atoms with E-state index in [-0.39, 0.29) is 29.3 Å². The van der Waals surface area contributed by atoms with E-state index in [9.17, 15) is 18.0 Å². The highest BCUT2D eigenvalue weighted by Gasteiger charge is 2.51. The summed E-state index contributed by atoms with van der Waals surface area (Å²) in [6.45, 7) is 3.94. The predicted octanol–water partition coefficient (Wildman–Crippen LogP) is 4.21. The maximum Gasteiger partial charge on any atom is 0.416 e. The fraction of sp³-hybridized carbons (Fsp3) is 0.588. The van der Waals surface area contributed by atoms with Crippen LogP contribution in [0.15, 0.2) is 24.3 Å². The third-order valence-corrected chi connectivity index (χ3v) is 4.52. The Hall–Kier alpha value is -1.52. The minimum absolute atomic E-state index is 0.0273. The number of alkyl halides is 3. The van der Waals surface area contributed by atoms with E-state index in [0.717, 1.165) is 18.9 Å². The van der Waals surface area contributed by atoms with Crippen LogP contribution in [0.5, 0.6) is 0 Å². The van der Waals surface area contributed by atoms with Crippen molar-refractivity contribution in [3.63, 3.8) is 0 Å². The van der Waals surface area contributed by atoms with Crippen LogP contribution in [0.25, 0.3) is 0 Å². The van der Waals surface area contributed by atoms with Crippen molar-refractivity contribution in [1.82, 2.24) is 4.90 Å². The van der Waals surface area contributed by atoms with Gasteiger partial charge in [0.15, 0.2) is 0 Å². The average molecular weight is 311 g/mol. The van der Waals surface area contributed by atoms with E-state index in [2.05, 4.69) is 0 Å². The molecular weight excluding hydrogens is 291 g/mol. The van der Waals surface area contributed by atoms with Gasteiger partial charge in [-0.05, 0) is 50.7 Å². The molecule has 2 atom stereocenters. The molecule has 1 aromatic carbocycles. The summed E-state index contributed by atoms with van der Waals surface area (Å²) in [4.78, 5) is 14.5. The number of hydrogen-bond acceptors (Lipinski definition) is 1. The maximum atomic E-state index is 13.1. The fourth-order valence-electron chi connectivity index (χ4n) is 3.29. The summed E-state index contributed by atoms with van der Waals surface area (Å²) in [6.07, 6.45) is -1.80. The Labute approximate surface area is 128 Å². The van der Waals surface area contributed by atoms with E-state index in [1.165, 1.54) is 12.1 Å². The monoisotopic (exact) mass is 311 g/mol. The summed E-state index contributed by atoms with van der Waals surface area (Å²) in [5, 5.41) is 0. The summed E-state index contributed by atoms with van der Waals surface area (Å²) in [7, 11) is 0. The number of benzene rings is 1. The Morgan fingerprint density at radius 2 is 1.86 bits per heavy atom. The molecule has 0 unspecified atom stereocenters. The average Bonchev–Trinajstić information content (AvgIpc) is 3.31.